The molecule has 5 nitrogen and oxygen atoms in total. The number of benzene rings is 10. The number of para-hydroxylation sites is 2. The smallest absolute Gasteiger partial charge is 0.120 e. The first-order valence-electron chi connectivity index (χ1n) is 24.1. The van der Waals surface area contributed by atoms with Crippen molar-refractivity contribution in [2.24, 2.45) is 0 Å². The Bertz CT molecular complexity index is 4030. The summed E-state index contributed by atoms with van der Waals surface area (Å²) in [6.45, 7) is 4.30. The van der Waals surface area contributed by atoms with Crippen molar-refractivity contribution in [3.8, 4) is 33.8 Å². The van der Waals surface area contributed by atoms with E-state index in [1.807, 2.05) is 12.1 Å². The zero-order valence-electron chi connectivity index (χ0n) is 39.4. The molecule has 0 bridgehead atoms. The number of aryl methyl sites for hydroxylation is 2. The molecule has 0 aliphatic heterocycles. The van der Waals surface area contributed by atoms with E-state index in [0.29, 0.717) is 0 Å². The van der Waals surface area contributed by atoms with Crippen LogP contribution in [0.1, 0.15) is 33.4 Å². The van der Waals surface area contributed by atoms with E-state index in [9.17, 15) is 0 Å². The van der Waals surface area contributed by atoms with Gasteiger partial charge < -0.3 is 23.7 Å². The van der Waals surface area contributed by atoms with Crippen molar-refractivity contribution in [1.29, 1.82) is 0 Å². The minimum absolute atomic E-state index is 0.699. The summed E-state index contributed by atoms with van der Waals surface area (Å²) in [5.41, 5.74) is 21.8. The summed E-state index contributed by atoms with van der Waals surface area (Å²) in [5, 5.41) is 4.92. The van der Waals surface area contributed by atoms with E-state index in [1.165, 1.54) is 93.7 Å². The molecule has 0 saturated carbocycles. The maximum Gasteiger partial charge on any atom is 0.120 e. The van der Waals surface area contributed by atoms with Crippen LogP contribution in [0, 0.1) is 13.8 Å². The Kier molecular flexibility index (Phi) is 8.69. The van der Waals surface area contributed by atoms with Crippen molar-refractivity contribution in [2.75, 3.05) is 24.0 Å². The Labute approximate surface area is 407 Å². The topological polar surface area (TPSA) is 29.4 Å². The van der Waals surface area contributed by atoms with E-state index in [-0.39, 0.29) is 0 Å². The molecule has 2 aromatic heterocycles. The molecule has 12 aromatic rings. The number of hydrogen-bond acceptors (Lipinski definition) is 4. The molecule has 0 N–H and O–H groups in total. The second-order valence-electron chi connectivity index (χ2n) is 18.9. The molecular formula is C65H47N3O2. The van der Waals surface area contributed by atoms with Gasteiger partial charge in [-0.25, -0.2) is 0 Å². The number of nitrogens with zero attached hydrogens (tertiary/aromatic N) is 3. The second-order valence-corrected chi connectivity index (χ2v) is 18.9. The van der Waals surface area contributed by atoms with Crippen LogP contribution in [0.15, 0.2) is 212 Å². The summed E-state index contributed by atoms with van der Waals surface area (Å²) in [4.78, 5) is 4.84. The summed E-state index contributed by atoms with van der Waals surface area (Å²) >= 11 is 0. The van der Waals surface area contributed by atoms with Crippen LogP contribution >= 0.6 is 0 Å². The van der Waals surface area contributed by atoms with Crippen LogP contribution < -0.4 is 19.3 Å². The van der Waals surface area contributed by atoms with Gasteiger partial charge in [-0.05, 0) is 126 Å². The van der Waals surface area contributed by atoms with E-state index in [1.54, 1.807) is 14.2 Å². The zero-order valence-corrected chi connectivity index (χ0v) is 39.4. The summed E-state index contributed by atoms with van der Waals surface area (Å²) < 4.78 is 14.4. The van der Waals surface area contributed by atoms with Gasteiger partial charge in [-0.1, -0.05) is 139 Å². The standard InChI is InChI=1S/C65H47N3O2/c1-40-26-30-42(31-27-40)66(44-14-11-16-47(36-44)69-3)46-34-35-53-57(38-46)65(55-23-8-5-18-49(55)50-19-6-9-24-56(50)65)58-39-60(67(43-32-28-41(2)29-33-43)45-15-12-17-48(37-45)70-4)62-54-22-13-21-52-51-20-7-10-25-59(51)68(63(52)54)64(62)61(53)58/h5-39H,1-4H3. The molecule has 334 valence electrons. The molecule has 5 heteroatoms. The maximum atomic E-state index is 5.96. The van der Waals surface area contributed by atoms with Gasteiger partial charge >= 0.3 is 0 Å². The van der Waals surface area contributed by atoms with Gasteiger partial charge in [-0.15, -0.1) is 0 Å². The van der Waals surface area contributed by atoms with Crippen LogP contribution in [0.4, 0.5) is 34.1 Å². The Morgan fingerprint density at radius 2 is 0.914 bits per heavy atom. The molecular weight excluding hydrogens is 855 g/mol. The molecule has 1 spiro atoms. The Morgan fingerprint density at radius 1 is 0.386 bits per heavy atom. The molecule has 0 saturated heterocycles. The molecule has 0 radical (unpaired) electrons. The first-order valence-corrected chi connectivity index (χ1v) is 24.1. The fourth-order valence-corrected chi connectivity index (χ4v) is 12.3. The van der Waals surface area contributed by atoms with Gasteiger partial charge in [0.2, 0.25) is 0 Å². The van der Waals surface area contributed by atoms with E-state index in [4.69, 9.17) is 9.47 Å². The molecule has 2 aliphatic rings. The second kappa shape index (κ2) is 15.1. The average molecular weight is 902 g/mol. The van der Waals surface area contributed by atoms with Crippen molar-refractivity contribution >= 4 is 72.2 Å². The van der Waals surface area contributed by atoms with Gasteiger partial charge in [0, 0.05) is 67.7 Å². The number of aromatic nitrogens is 1. The van der Waals surface area contributed by atoms with Crippen molar-refractivity contribution < 1.29 is 9.47 Å². The van der Waals surface area contributed by atoms with Crippen molar-refractivity contribution in [1.82, 2.24) is 4.40 Å². The number of methoxy groups -OCH3 is 2. The van der Waals surface area contributed by atoms with Crippen LogP contribution in [0.5, 0.6) is 11.5 Å². The number of hydrogen-bond donors (Lipinski definition) is 0. The van der Waals surface area contributed by atoms with Crippen LogP contribution in [-0.2, 0) is 5.41 Å². The van der Waals surface area contributed by atoms with Crippen LogP contribution in [0.25, 0.3) is 60.3 Å². The SMILES string of the molecule is COc1cccc(N(c2ccc(C)cc2)c2ccc3c(c2)C2(c4ccccc4-c4ccccc42)c2cc(N(c4ccc(C)cc4)c4cccc(OC)c4)c4c5cccc6c7ccccc7n(c4c2-3)c65)c1. The van der Waals surface area contributed by atoms with Gasteiger partial charge in [0.25, 0.3) is 0 Å². The Hall–Kier alpha value is -8.80. The lowest BCUT2D eigenvalue weighted by molar-refractivity contribution is 0.415. The number of fused-ring (bicyclic) bond motifs is 17. The first-order chi connectivity index (χ1) is 34.5. The lowest BCUT2D eigenvalue weighted by Gasteiger charge is -2.33. The predicted octanol–water partition coefficient (Wildman–Crippen LogP) is 16.8. The summed E-state index contributed by atoms with van der Waals surface area (Å²) in [6, 6.07) is 78.6. The summed E-state index contributed by atoms with van der Waals surface area (Å²) in [5.74, 6) is 1.61. The highest BCUT2D eigenvalue weighted by molar-refractivity contribution is 6.29. The van der Waals surface area contributed by atoms with E-state index in [0.717, 1.165) is 45.6 Å². The fraction of sp³-hybridized carbons (Fsp3) is 0.0769. The minimum atomic E-state index is -0.699. The molecule has 0 amide bonds. The number of anilines is 6. The van der Waals surface area contributed by atoms with Crippen LogP contribution in [0.2, 0.25) is 0 Å². The van der Waals surface area contributed by atoms with Gasteiger partial charge in [0.05, 0.1) is 41.9 Å². The normalized spacial score (nSPS) is 13.0. The fourth-order valence-electron chi connectivity index (χ4n) is 12.3. The number of rotatable bonds is 8. The molecule has 10 aromatic carbocycles. The third-order valence-electron chi connectivity index (χ3n) is 15.2. The van der Waals surface area contributed by atoms with Gasteiger partial charge in [0.15, 0.2) is 0 Å². The Morgan fingerprint density at radius 3 is 1.57 bits per heavy atom. The molecule has 2 aliphatic carbocycles. The predicted molar refractivity (Wildman–Crippen MR) is 289 cm³/mol. The average Bonchev–Trinajstić information content (AvgIpc) is 4.12. The summed E-state index contributed by atoms with van der Waals surface area (Å²) in [6.07, 6.45) is 0. The molecule has 0 unspecified atom stereocenters. The highest BCUT2D eigenvalue weighted by atomic mass is 16.5. The van der Waals surface area contributed by atoms with Crippen LogP contribution in [-0.4, -0.2) is 18.6 Å². The third kappa shape index (κ3) is 5.49. The summed E-state index contributed by atoms with van der Waals surface area (Å²) in [7, 11) is 3.49. The molecule has 70 heavy (non-hydrogen) atoms. The van der Waals surface area contributed by atoms with E-state index >= 15 is 0 Å². The monoisotopic (exact) mass is 901 g/mol. The third-order valence-corrected chi connectivity index (χ3v) is 15.2. The highest BCUT2D eigenvalue weighted by Gasteiger charge is 2.53. The lowest BCUT2D eigenvalue weighted by Crippen LogP contribution is -2.26. The quantitative estimate of drug-likeness (QED) is 0.152. The minimum Gasteiger partial charge on any atom is -0.497 e. The van der Waals surface area contributed by atoms with Crippen LogP contribution in [0.3, 0.4) is 0 Å². The lowest BCUT2D eigenvalue weighted by atomic mass is 9.70. The van der Waals surface area contributed by atoms with Crippen molar-refractivity contribution in [3.63, 3.8) is 0 Å². The zero-order chi connectivity index (χ0) is 46.8. The first kappa shape index (κ1) is 40.3. The van der Waals surface area contributed by atoms with Gasteiger partial charge in [0.1, 0.15) is 11.5 Å². The largest absolute Gasteiger partial charge is 0.497 e. The number of ether oxygens (including phenoxy) is 2. The van der Waals surface area contributed by atoms with E-state index in [2.05, 4.69) is 228 Å². The molecule has 0 atom stereocenters. The Balaban J connectivity index is 1.18. The molecule has 2 heterocycles. The van der Waals surface area contributed by atoms with Crippen molar-refractivity contribution in [2.45, 2.75) is 19.3 Å². The molecule has 14 rings (SSSR count). The van der Waals surface area contributed by atoms with Gasteiger partial charge in [-0.3, -0.25) is 0 Å². The molecule has 0 fully saturated rings. The maximum absolute atomic E-state index is 5.96. The van der Waals surface area contributed by atoms with Gasteiger partial charge in [-0.2, -0.15) is 0 Å². The van der Waals surface area contributed by atoms with E-state index < -0.39 is 5.41 Å². The highest BCUT2D eigenvalue weighted by Crippen LogP contribution is 2.66. The van der Waals surface area contributed by atoms with Crippen molar-refractivity contribution in [3.05, 3.63) is 246 Å².